The second kappa shape index (κ2) is 9.23. The van der Waals surface area contributed by atoms with Crippen LogP contribution in [0.2, 0.25) is 0 Å². The number of nitrogens with zero attached hydrogens (tertiary/aromatic N) is 4. The molecule has 1 saturated carbocycles. The highest BCUT2D eigenvalue weighted by molar-refractivity contribution is 5.88. The van der Waals surface area contributed by atoms with Crippen molar-refractivity contribution in [2.45, 2.75) is 32.2 Å². The Labute approximate surface area is 213 Å². The largest absolute Gasteiger partial charge is 0.383 e. The van der Waals surface area contributed by atoms with Crippen LogP contribution in [-0.4, -0.2) is 52.1 Å². The minimum Gasteiger partial charge on any atom is -0.383 e. The topological polar surface area (TPSA) is 91.1 Å². The molecule has 4 aromatic rings. The van der Waals surface area contributed by atoms with E-state index in [9.17, 15) is 13.6 Å². The average molecular weight is 503 g/mol. The minimum atomic E-state index is -0.728. The molecule has 0 atom stereocenters. The van der Waals surface area contributed by atoms with Gasteiger partial charge in [0, 0.05) is 49.0 Å². The fourth-order valence-corrected chi connectivity index (χ4v) is 5.38. The van der Waals surface area contributed by atoms with E-state index in [0.717, 1.165) is 37.9 Å². The number of rotatable bonds is 4. The molecule has 0 radical (unpaired) electrons. The van der Waals surface area contributed by atoms with Crippen molar-refractivity contribution in [2.75, 3.05) is 36.8 Å². The minimum absolute atomic E-state index is 0.0671. The summed E-state index contributed by atoms with van der Waals surface area (Å²) in [5, 5.41) is -0.132. The van der Waals surface area contributed by atoms with E-state index >= 15 is 0 Å². The first-order chi connectivity index (χ1) is 17.9. The van der Waals surface area contributed by atoms with Gasteiger partial charge in [-0.2, -0.15) is 4.39 Å². The number of piperazine rings is 1. The number of aromatic amines is 1. The van der Waals surface area contributed by atoms with Gasteiger partial charge < -0.3 is 15.6 Å². The van der Waals surface area contributed by atoms with Crippen LogP contribution in [0.1, 0.15) is 25.1 Å². The van der Waals surface area contributed by atoms with Crippen LogP contribution in [0.25, 0.3) is 33.2 Å². The number of benzene rings is 2. The van der Waals surface area contributed by atoms with Crippen molar-refractivity contribution in [3.05, 3.63) is 70.4 Å². The van der Waals surface area contributed by atoms with Gasteiger partial charge >= 0.3 is 0 Å². The number of H-pyrrole nitrogens is 1. The van der Waals surface area contributed by atoms with Gasteiger partial charge in [0.25, 0.3) is 5.56 Å². The highest BCUT2D eigenvalue weighted by atomic mass is 19.1. The van der Waals surface area contributed by atoms with Gasteiger partial charge in [-0.25, -0.2) is 14.4 Å². The quantitative estimate of drug-likeness (QED) is 0.400. The third kappa shape index (κ3) is 4.33. The molecule has 2 aromatic heterocycles. The molecule has 1 aliphatic carbocycles. The lowest BCUT2D eigenvalue weighted by atomic mass is 9.91. The predicted octanol–water partition coefficient (Wildman–Crippen LogP) is 4.50. The normalized spacial score (nSPS) is 16.8. The predicted molar refractivity (Wildman–Crippen MR) is 142 cm³/mol. The Morgan fingerprint density at radius 2 is 1.68 bits per heavy atom. The summed E-state index contributed by atoms with van der Waals surface area (Å²) in [6, 6.07) is 12.9. The van der Waals surface area contributed by atoms with Crippen molar-refractivity contribution in [1.82, 2.24) is 19.9 Å². The van der Waals surface area contributed by atoms with E-state index in [1.807, 2.05) is 24.3 Å². The lowest BCUT2D eigenvalue weighted by Crippen LogP contribution is -2.52. The van der Waals surface area contributed by atoms with Crippen molar-refractivity contribution in [1.29, 1.82) is 0 Å². The number of fused-ring (bicyclic) bond motifs is 1. The number of halogens is 2. The standard InChI is InChI=1S/C28H28F2N6O/c1-16-32-24-14-18(13-23(29)25(24)28(37)33-16)22-15-21(26(30)34-27(22)31)17-5-7-20(8-6-17)36-11-9-35(10-12-36)19-3-2-4-19/h5-8,13-15,19H,2-4,9-12H2,1H3,(H2,31,34)(H,32,33,37). The smallest absolute Gasteiger partial charge is 0.261 e. The Morgan fingerprint density at radius 1 is 0.946 bits per heavy atom. The first-order valence-electron chi connectivity index (χ1n) is 12.6. The summed E-state index contributed by atoms with van der Waals surface area (Å²) in [5.74, 6) is -1.13. The van der Waals surface area contributed by atoms with E-state index in [2.05, 4.69) is 24.8 Å². The SMILES string of the molecule is Cc1nc2cc(-c3cc(-c4ccc(N5CCN(C6CCC6)CC5)cc4)c(F)nc3N)cc(F)c2c(=O)[nH]1. The lowest BCUT2D eigenvalue weighted by Gasteiger charge is -2.43. The van der Waals surface area contributed by atoms with Crippen LogP contribution in [0.3, 0.4) is 0 Å². The lowest BCUT2D eigenvalue weighted by molar-refractivity contribution is 0.120. The molecule has 0 spiro atoms. The van der Waals surface area contributed by atoms with Gasteiger partial charge in [0.1, 0.15) is 22.8 Å². The zero-order chi connectivity index (χ0) is 25.7. The van der Waals surface area contributed by atoms with Crippen molar-refractivity contribution in [2.24, 2.45) is 0 Å². The molecule has 3 heterocycles. The molecule has 6 rings (SSSR count). The number of hydrogen-bond donors (Lipinski definition) is 2. The summed E-state index contributed by atoms with van der Waals surface area (Å²) < 4.78 is 29.8. The van der Waals surface area contributed by atoms with Gasteiger partial charge in [-0.15, -0.1) is 0 Å². The van der Waals surface area contributed by atoms with Crippen LogP contribution in [0.15, 0.2) is 47.3 Å². The molecule has 1 saturated heterocycles. The van der Waals surface area contributed by atoms with Gasteiger partial charge in [0.2, 0.25) is 5.95 Å². The van der Waals surface area contributed by atoms with Crippen molar-refractivity contribution in [3.8, 4) is 22.3 Å². The van der Waals surface area contributed by atoms with E-state index in [0.29, 0.717) is 22.5 Å². The number of nitrogens with one attached hydrogen (secondary N) is 1. The fourth-order valence-electron chi connectivity index (χ4n) is 5.38. The second-order valence-electron chi connectivity index (χ2n) is 9.92. The highest BCUT2D eigenvalue weighted by Crippen LogP contribution is 2.34. The molecule has 0 unspecified atom stereocenters. The molecule has 2 fully saturated rings. The molecule has 190 valence electrons. The summed E-state index contributed by atoms with van der Waals surface area (Å²) in [5.41, 5.74) is 8.45. The maximum Gasteiger partial charge on any atom is 0.261 e. The maximum absolute atomic E-state index is 14.9. The number of hydrogen-bond acceptors (Lipinski definition) is 6. The number of aromatic nitrogens is 3. The monoisotopic (exact) mass is 502 g/mol. The molecular formula is C28H28F2N6O. The zero-order valence-electron chi connectivity index (χ0n) is 20.6. The number of pyridine rings is 1. The third-order valence-corrected chi connectivity index (χ3v) is 7.64. The molecule has 3 N–H and O–H groups in total. The summed E-state index contributed by atoms with van der Waals surface area (Å²) in [4.78, 5) is 27.8. The summed E-state index contributed by atoms with van der Waals surface area (Å²) in [6.07, 6.45) is 3.98. The van der Waals surface area contributed by atoms with Crippen LogP contribution in [0.5, 0.6) is 0 Å². The number of nitrogens with two attached hydrogens (primary N) is 1. The Balaban J connectivity index is 1.30. The number of nitrogen functional groups attached to an aromatic ring is 1. The van der Waals surface area contributed by atoms with E-state index in [4.69, 9.17) is 5.73 Å². The summed E-state index contributed by atoms with van der Waals surface area (Å²) in [7, 11) is 0. The number of aryl methyl sites for hydroxylation is 1. The van der Waals surface area contributed by atoms with Gasteiger partial charge in [-0.1, -0.05) is 18.6 Å². The van der Waals surface area contributed by atoms with Gasteiger partial charge in [-0.05, 0) is 61.2 Å². The van der Waals surface area contributed by atoms with E-state index < -0.39 is 17.3 Å². The average Bonchev–Trinajstić information content (AvgIpc) is 2.83. The van der Waals surface area contributed by atoms with E-state index in [1.54, 1.807) is 19.1 Å². The van der Waals surface area contributed by atoms with Crippen LogP contribution in [0.4, 0.5) is 20.3 Å². The molecule has 37 heavy (non-hydrogen) atoms. The molecule has 2 aromatic carbocycles. The van der Waals surface area contributed by atoms with Gasteiger partial charge in [0.05, 0.1) is 5.52 Å². The molecule has 9 heteroatoms. The number of anilines is 2. The second-order valence-corrected chi connectivity index (χ2v) is 9.92. The summed E-state index contributed by atoms with van der Waals surface area (Å²) in [6.45, 7) is 5.70. The first kappa shape index (κ1) is 23.5. The van der Waals surface area contributed by atoms with Gasteiger partial charge in [0.15, 0.2) is 0 Å². The van der Waals surface area contributed by atoms with Gasteiger partial charge in [-0.3, -0.25) is 9.69 Å². The van der Waals surface area contributed by atoms with Crippen molar-refractivity contribution < 1.29 is 8.78 Å². The van der Waals surface area contributed by atoms with E-state index in [-0.39, 0.29) is 22.3 Å². The Hall–Kier alpha value is -3.85. The van der Waals surface area contributed by atoms with Crippen LogP contribution in [-0.2, 0) is 0 Å². The Bertz CT molecular complexity index is 1540. The van der Waals surface area contributed by atoms with Crippen molar-refractivity contribution in [3.63, 3.8) is 0 Å². The maximum atomic E-state index is 14.9. The zero-order valence-corrected chi connectivity index (χ0v) is 20.6. The molecule has 1 aliphatic heterocycles. The first-order valence-corrected chi connectivity index (χ1v) is 12.6. The Kier molecular flexibility index (Phi) is 5.87. The molecule has 0 bridgehead atoms. The summed E-state index contributed by atoms with van der Waals surface area (Å²) >= 11 is 0. The van der Waals surface area contributed by atoms with Crippen LogP contribution in [0, 0.1) is 18.7 Å². The molecule has 2 aliphatic rings. The highest BCUT2D eigenvalue weighted by Gasteiger charge is 2.28. The van der Waals surface area contributed by atoms with Crippen LogP contribution < -0.4 is 16.2 Å². The molecule has 0 amide bonds. The molecule has 7 nitrogen and oxygen atoms in total. The fraction of sp³-hybridized carbons (Fsp3) is 0.321. The van der Waals surface area contributed by atoms with Crippen LogP contribution >= 0.6 is 0 Å². The van der Waals surface area contributed by atoms with E-state index in [1.165, 1.54) is 25.3 Å². The Morgan fingerprint density at radius 3 is 2.35 bits per heavy atom. The molecular weight excluding hydrogens is 474 g/mol. The van der Waals surface area contributed by atoms with Crippen molar-refractivity contribution >= 4 is 22.4 Å². The third-order valence-electron chi connectivity index (χ3n) is 7.64.